The average Bonchev–Trinajstić information content (AvgIpc) is 3.65. The number of carbonyl (C=O) groups is 3. The molecule has 4 unspecified atom stereocenters. The Hall–Kier alpha value is -2.89. The van der Waals surface area contributed by atoms with E-state index in [2.05, 4.69) is 21.4 Å². The molecule has 4 fully saturated rings. The Labute approximate surface area is 198 Å². The fraction of sp³-hybridized carbons (Fsp3) is 0.609. The highest BCUT2D eigenvalue weighted by Crippen LogP contribution is 2.33. The van der Waals surface area contributed by atoms with Gasteiger partial charge >= 0.3 is 0 Å². The largest absolute Gasteiger partial charge is 0.495 e. The molecule has 4 aliphatic rings. The molecule has 3 aliphatic heterocycles. The molecule has 4 N–H and O–H groups in total. The lowest BCUT2D eigenvalue weighted by Gasteiger charge is -2.38. The van der Waals surface area contributed by atoms with Crippen molar-refractivity contribution in [3.8, 4) is 5.75 Å². The first kappa shape index (κ1) is 22.9. The third kappa shape index (κ3) is 4.55. The summed E-state index contributed by atoms with van der Waals surface area (Å²) in [5, 5.41) is 11.4. The molecule has 11 nitrogen and oxygen atoms in total. The molecule has 0 bridgehead atoms. The van der Waals surface area contributed by atoms with Gasteiger partial charge in [0.1, 0.15) is 5.75 Å². The molecule has 0 aromatic heterocycles. The summed E-state index contributed by atoms with van der Waals surface area (Å²) < 4.78 is 10.9. The molecule has 5 rings (SSSR count). The second kappa shape index (κ2) is 9.40. The summed E-state index contributed by atoms with van der Waals surface area (Å²) in [5.74, 6) is 0.229. The quantitative estimate of drug-likeness (QED) is 0.446. The predicted molar refractivity (Wildman–Crippen MR) is 123 cm³/mol. The molecule has 3 heterocycles. The molecule has 1 saturated carbocycles. The number of piperidine rings is 1. The zero-order valence-corrected chi connectivity index (χ0v) is 19.5. The molecule has 3 saturated heterocycles. The van der Waals surface area contributed by atoms with Crippen molar-refractivity contribution in [3.63, 3.8) is 0 Å². The smallest absolute Gasteiger partial charge is 0.254 e. The summed E-state index contributed by atoms with van der Waals surface area (Å²) in [6, 6.07) is 5.06. The molecular formula is C23H32N6O5. The van der Waals surface area contributed by atoms with Gasteiger partial charge in [0.25, 0.3) is 5.91 Å². The van der Waals surface area contributed by atoms with E-state index >= 15 is 0 Å². The predicted octanol–water partition coefficient (Wildman–Crippen LogP) is -0.287. The van der Waals surface area contributed by atoms with Crippen molar-refractivity contribution in [3.05, 3.63) is 23.8 Å². The van der Waals surface area contributed by atoms with Gasteiger partial charge in [-0.3, -0.25) is 24.7 Å². The molecule has 3 amide bonds. The number of anilines is 1. The number of amides is 3. The molecule has 1 aromatic rings. The fourth-order valence-corrected chi connectivity index (χ4v) is 4.93. The van der Waals surface area contributed by atoms with E-state index in [1.165, 1.54) is 5.01 Å². The summed E-state index contributed by atoms with van der Waals surface area (Å²) in [7, 11) is 3.26. The number of methoxy groups -OCH3 is 1. The average molecular weight is 473 g/mol. The van der Waals surface area contributed by atoms with E-state index in [-0.39, 0.29) is 47.9 Å². The number of hydrogen-bond donors (Lipinski definition) is 4. The van der Waals surface area contributed by atoms with Gasteiger partial charge in [-0.1, -0.05) is 0 Å². The second-order valence-electron chi connectivity index (χ2n) is 9.34. The van der Waals surface area contributed by atoms with E-state index < -0.39 is 0 Å². The first-order valence-corrected chi connectivity index (χ1v) is 11.9. The van der Waals surface area contributed by atoms with Gasteiger partial charge in [0.2, 0.25) is 11.8 Å². The van der Waals surface area contributed by atoms with Crippen LogP contribution in [0.15, 0.2) is 18.2 Å². The van der Waals surface area contributed by atoms with E-state index in [4.69, 9.17) is 9.47 Å². The van der Waals surface area contributed by atoms with Crippen LogP contribution < -0.4 is 26.1 Å². The van der Waals surface area contributed by atoms with Gasteiger partial charge in [0.05, 0.1) is 44.3 Å². The molecule has 11 heteroatoms. The highest BCUT2D eigenvalue weighted by Gasteiger charge is 2.49. The number of morpholine rings is 1. The van der Waals surface area contributed by atoms with Crippen molar-refractivity contribution in [2.24, 2.45) is 11.8 Å². The van der Waals surface area contributed by atoms with Gasteiger partial charge in [-0.2, -0.15) is 0 Å². The lowest BCUT2D eigenvalue weighted by Crippen LogP contribution is -2.63. The molecule has 0 spiro atoms. The van der Waals surface area contributed by atoms with Crippen molar-refractivity contribution in [1.29, 1.82) is 0 Å². The maximum absolute atomic E-state index is 12.9. The number of hydrazine groups is 1. The van der Waals surface area contributed by atoms with Crippen LogP contribution in [0.4, 0.5) is 5.69 Å². The van der Waals surface area contributed by atoms with Crippen LogP contribution in [0.1, 0.15) is 29.6 Å². The fourth-order valence-electron chi connectivity index (χ4n) is 4.93. The standard InChI is InChI=1S/C23H32N6O5/c1-28-23(32)19-16(12-18(25-20(19)27-28)26-21(30)13-3-4-13)24-15-6-5-14(11-17(15)33-2)22(31)29-7-9-34-10-8-29/h5-6,11,13,16,18-20,24-25,27H,3-4,7-10,12H2,1-2H3,(H,26,30). The number of hydrogen-bond acceptors (Lipinski definition) is 8. The topological polar surface area (TPSA) is 124 Å². The Bertz CT molecular complexity index is 963. The van der Waals surface area contributed by atoms with Gasteiger partial charge in [0, 0.05) is 44.1 Å². The van der Waals surface area contributed by atoms with Crippen molar-refractivity contribution in [2.45, 2.75) is 37.6 Å². The van der Waals surface area contributed by atoms with Crippen LogP contribution in [0.3, 0.4) is 0 Å². The van der Waals surface area contributed by atoms with Crippen LogP contribution >= 0.6 is 0 Å². The number of fused-ring (bicyclic) bond motifs is 1. The molecule has 4 atom stereocenters. The number of carbonyl (C=O) groups excluding carboxylic acids is 3. The third-order valence-electron chi connectivity index (χ3n) is 6.96. The minimum atomic E-state index is -0.363. The molecule has 0 radical (unpaired) electrons. The number of ether oxygens (including phenoxy) is 2. The Morgan fingerprint density at radius 2 is 1.97 bits per heavy atom. The van der Waals surface area contributed by atoms with Gasteiger partial charge in [-0.25, -0.2) is 5.43 Å². The highest BCUT2D eigenvalue weighted by molar-refractivity contribution is 5.95. The summed E-state index contributed by atoms with van der Waals surface area (Å²) in [6.07, 6.45) is 1.81. The number of benzene rings is 1. The Morgan fingerprint density at radius 1 is 1.21 bits per heavy atom. The maximum atomic E-state index is 12.9. The lowest BCUT2D eigenvalue weighted by atomic mass is 9.88. The summed E-state index contributed by atoms with van der Waals surface area (Å²) in [6.45, 7) is 2.21. The highest BCUT2D eigenvalue weighted by atomic mass is 16.5. The minimum Gasteiger partial charge on any atom is -0.495 e. The second-order valence-corrected chi connectivity index (χ2v) is 9.34. The normalized spacial score (nSPS) is 28.9. The zero-order chi connectivity index (χ0) is 23.8. The van der Waals surface area contributed by atoms with Crippen molar-refractivity contribution >= 4 is 23.4 Å². The van der Waals surface area contributed by atoms with Crippen LogP contribution in [0.2, 0.25) is 0 Å². The third-order valence-corrected chi connectivity index (χ3v) is 6.96. The van der Waals surface area contributed by atoms with Gasteiger partial charge < -0.3 is 25.0 Å². The van der Waals surface area contributed by atoms with Crippen LogP contribution in [-0.4, -0.2) is 86.5 Å². The van der Waals surface area contributed by atoms with Crippen LogP contribution in [0, 0.1) is 11.8 Å². The van der Waals surface area contributed by atoms with E-state index in [0.717, 1.165) is 12.8 Å². The molecular weight excluding hydrogens is 440 g/mol. The first-order chi connectivity index (χ1) is 16.4. The number of nitrogens with zero attached hydrogens (tertiary/aromatic N) is 2. The monoisotopic (exact) mass is 472 g/mol. The van der Waals surface area contributed by atoms with Crippen molar-refractivity contribution in [1.82, 2.24) is 26.0 Å². The summed E-state index contributed by atoms with van der Waals surface area (Å²) >= 11 is 0. The first-order valence-electron chi connectivity index (χ1n) is 11.9. The Kier molecular flexibility index (Phi) is 6.32. The van der Waals surface area contributed by atoms with E-state index in [1.54, 1.807) is 31.2 Å². The van der Waals surface area contributed by atoms with E-state index in [0.29, 0.717) is 49.7 Å². The Balaban J connectivity index is 1.34. The van der Waals surface area contributed by atoms with Gasteiger partial charge in [-0.05, 0) is 31.0 Å². The number of rotatable bonds is 6. The van der Waals surface area contributed by atoms with E-state index in [1.807, 2.05) is 6.07 Å². The molecule has 184 valence electrons. The molecule has 34 heavy (non-hydrogen) atoms. The van der Waals surface area contributed by atoms with Gasteiger partial charge in [0.15, 0.2) is 0 Å². The van der Waals surface area contributed by atoms with Crippen LogP contribution in [-0.2, 0) is 14.3 Å². The molecule has 1 aromatic carbocycles. The summed E-state index contributed by atoms with van der Waals surface area (Å²) in [5.41, 5.74) is 4.39. The minimum absolute atomic E-state index is 0.0277. The lowest BCUT2D eigenvalue weighted by molar-refractivity contribution is -0.131. The van der Waals surface area contributed by atoms with Crippen molar-refractivity contribution in [2.75, 3.05) is 45.8 Å². The zero-order valence-electron chi connectivity index (χ0n) is 19.5. The molecule has 1 aliphatic carbocycles. The summed E-state index contributed by atoms with van der Waals surface area (Å²) in [4.78, 5) is 39.9. The maximum Gasteiger partial charge on any atom is 0.254 e. The van der Waals surface area contributed by atoms with Crippen LogP contribution in [0.5, 0.6) is 5.75 Å². The van der Waals surface area contributed by atoms with E-state index in [9.17, 15) is 14.4 Å². The van der Waals surface area contributed by atoms with Crippen LogP contribution in [0.25, 0.3) is 0 Å². The Morgan fingerprint density at radius 3 is 2.68 bits per heavy atom. The number of nitrogens with one attached hydrogen (secondary N) is 4. The van der Waals surface area contributed by atoms with Gasteiger partial charge in [-0.15, -0.1) is 0 Å². The SMILES string of the molecule is COc1cc(C(=O)N2CCOCC2)ccc1NC1CC(NC(=O)C2CC2)NC2NN(C)C(=O)C12. The van der Waals surface area contributed by atoms with Crippen molar-refractivity contribution < 1.29 is 23.9 Å².